The molecular weight excluding hydrogens is 134 g/mol. The van der Waals surface area contributed by atoms with E-state index in [1.165, 1.54) is 0 Å². The van der Waals surface area contributed by atoms with E-state index in [-0.39, 0.29) is 9.90 Å². The second kappa shape index (κ2) is 6.32. The third kappa shape index (κ3) is 10.7. The summed E-state index contributed by atoms with van der Waals surface area (Å²) < 4.78 is 3.98. The van der Waals surface area contributed by atoms with Crippen molar-refractivity contribution >= 4 is 18.5 Å². The summed E-state index contributed by atoms with van der Waals surface area (Å²) in [5.74, 6) is 0. The van der Waals surface area contributed by atoms with Gasteiger partial charge in [-0.1, -0.05) is 6.58 Å². The predicted octanol–water partition coefficient (Wildman–Crippen LogP) is 0.416. The minimum atomic E-state index is -2.22. The minimum absolute atomic E-state index is 0. The zero-order valence-electron chi connectivity index (χ0n) is 3.74. The zero-order chi connectivity index (χ0) is 4.99. The van der Waals surface area contributed by atoms with Gasteiger partial charge in [0.1, 0.15) is 0 Å². The van der Waals surface area contributed by atoms with Crippen molar-refractivity contribution in [2.75, 3.05) is 0 Å². The lowest BCUT2D eigenvalue weighted by atomic mass is 11.2. The van der Waals surface area contributed by atoms with Crippen LogP contribution in [-0.4, -0.2) is 9.79 Å². The Hall–Kier alpha value is 0.320. The van der Waals surface area contributed by atoms with Crippen LogP contribution in [0.3, 0.4) is 0 Å². The SMILES string of the molecule is C=COP(O)O.P. The first-order valence-corrected chi connectivity index (χ1v) is 2.39. The standard InChI is InChI=1S/C2H5O3P.H3P/c1-2-5-6(3)4;/h2-4H,1H2;1H3. The first kappa shape index (κ1) is 10.3. The van der Waals surface area contributed by atoms with E-state index in [0.717, 1.165) is 6.26 Å². The Bertz CT molecular complexity index is 46.2. The van der Waals surface area contributed by atoms with Crippen LogP contribution in [0.25, 0.3) is 0 Å². The van der Waals surface area contributed by atoms with Crippen LogP contribution in [-0.2, 0) is 4.52 Å². The van der Waals surface area contributed by atoms with Crippen molar-refractivity contribution in [1.82, 2.24) is 0 Å². The molecule has 0 radical (unpaired) electrons. The zero-order valence-corrected chi connectivity index (χ0v) is 6.05. The van der Waals surface area contributed by atoms with E-state index in [1.54, 1.807) is 0 Å². The Morgan fingerprint density at radius 1 is 1.57 bits per heavy atom. The summed E-state index contributed by atoms with van der Waals surface area (Å²) in [5, 5.41) is 0. The van der Waals surface area contributed by atoms with Gasteiger partial charge in [0.25, 0.3) is 0 Å². The summed E-state index contributed by atoms with van der Waals surface area (Å²) in [6.07, 6.45) is 0.978. The lowest BCUT2D eigenvalue weighted by molar-refractivity contribution is 0.343. The molecule has 0 bridgehead atoms. The molecular formula is C2H8O3P2. The Morgan fingerprint density at radius 3 is 2.00 bits per heavy atom. The molecule has 1 unspecified atom stereocenters. The molecule has 0 aliphatic carbocycles. The third-order valence-electron chi connectivity index (χ3n) is 0.169. The monoisotopic (exact) mass is 142 g/mol. The molecule has 44 valence electrons. The third-order valence-corrected chi connectivity index (χ3v) is 0.506. The Kier molecular flexibility index (Phi) is 9.33. The number of hydrogen-bond acceptors (Lipinski definition) is 3. The Balaban J connectivity index is 0. The molecule has 7 heavy (non-hydrogen) atoms. The highest BCUT2D eigenvalue weighted by atomic mass is 31.2. The molecule has 0 saturated carbocycles. The molecule has 5 heteroatoms. The molecule has 0 aromatic heterocycles. The maximum absolute atomic E-state index is 7.88. The van der Waals surface area contributed by atoms with Crippen molar-refractivity contribution in [3.05, 3.63) is 12.8 Å². The van der Waals surface area contributed by atoms with Gasteiger partial charge in [-0.15, -0.1) is 0 Å². The van der Waals surface area contributed by atoms with Crippen molar-refractivity contribution in [3.63, 3.8) is 0 Å². The summed E-state index contributed by atoms with van der Waals surface area (Å²) in [7, 11) is -2.22. The van der Waals surface area contributed by atoms with Crippen molar-refractivity contribution in [2.24, 2.45) is 0 Å². The summed E-state index contributed by atoms with van der Waals surface area (Å²) in [4.78, 5) is 15.8. The highest BCUT2D eigenvalue weighted by Gasteiger charge is 1.89. The van der Waals surface area contributed by atoms with Crippen molar-refractivity contribution in [1.29, 1.82) is 0 Å². The van der Waals surface area contributed by atoms with Crippen LogP contribution in [0.15, 0.2) is 12.8 Å². The second-order valence-corrected chi connectivity index (χ2v) is 1.24. The Morgan fingerprint density at radius 2 is 2.00 bits per heavy atom. The molecule has 0 amide bonds. The molecule has 0 fully saturated rings. The van der Waals surface area contributed by atoms with Gasteiger partial charge in [-0.3, -0.25) is 0 Å². The first-order chi connectivity index (χ1) is 2.77. The fourth-order valence-corrected chi connectivity index (χ4v) is 0.200. The van der Waals surface area contributed by atoms with Gasteiger partial charge in [0, 0.05) is 0 Å². The average molecular weight is 142 g/mol. The molecule has 0 saturated heterocycles. The summed E-state index contributed by atoms with van der Waals surface area (Å²) in [6, 6.07) is 0. The molecule has 0 aliphatic heterocycles. The van der Waals surface area contributed by atoms with E-state index in [2.05, 4.69) is 11.1 Å². The average Bonchev–Trinajstić information content (AvgIpc) is 1.35. The van der Waals surface area contributed by atoms with Crippen LogP contribution >= 0.6 is 18.5 Å². The van der Waals surface area contributed by atoms with Crippen LogP contribution < -0.4 is 0 Å². The van der Waals surface area contributed by atoms with Gasteiger partial charge in [-0.05, 0) is 0 Å². The van der Waals surface area contributed by atoms with Crippen molar-refractivity contribution < 1.29 is 14.3 Å². The van der Waals surface area contributed by atoms with Crippen molar-refractivity contribution in [2.45, 2.75) is 0 Å². The summed E-state index contributed by atoms with van der Waals surface area (Å²) in [6.45, 7) is 3.07. The number of hydrogen-bond donors (Lipinski definition) is 2. The topological polar surface area (TPSA) is 49.7 Å². The van der Waals surface area contributed by atoms with Gasteiger partial charge < -0.3 is 14.3 Å². The van der Waals surface area contributed by atoms with E-state index in [1.807, 2.05) is 0 Å². The lowest BCUT2D eigenvalue weighted by Gasteiger charge is -1.93. The van der Waals surface area contributed by atoms with Crippen LogP contribution in [0.5, 0.6) is 0 Å². The van der Waals surface area contributed by atoms with Crippen LogP contribution in [0.1, 0.15) is 0 Å². The first-order valence-electron chi connectivity index (χ1n) is 1.23. The van der Waals surface area contributed by atoms with Crippen molar-refractivity contribution in [3.8, 4) is 0 Å². The maximum atomic E-state index is 7.88. The maximum Gasteiger partial charge on any atom is 0.390 e. The molecule has 1 atom stereocenters. The predicted molar refractivity (Wildman–Crippen MR) is 33.7 cm³/mol. The van der Waals surface area contributed by atoms with Gasteiger partial charge in [0.15, 0.2) is 0 Å². The second-order valence-electron chi connectivity index (χ2n) is 0.525. The van der Waals surface area contributed by atoms with Crippen LogP contribution in [0, 0.1) is 0 Å². The molecule has 0 aromatic rings. The minimum Gasteiger partial charge on any atom is -0.436 e. The molecule has 3 nitrogen and oxygen atoms in total. The summed E-state index contributed by atoms with van der Waals surface area (Å²) >= 11 is 0. The van der Waals surface area contributed by atoms with Gasteiger partial charge >= 0.3 is 8.60 Å². The molecule has 0 aromatic carbocycles. The van der Waals surface area contributed by atoms with Gasteiger partial charge in [0.05, 0.1) is 6.26 Å². The lowest BCUT2D eigenvalue weighted by Crippen LogP contribution is -1.66. The van der Waals surface area contributed by atoms with Crippen LogP contribution in [0.2, 0.25) is 0 Å². The fourth-order valence-electron chi connectivity index (χ4n) is 0.0667. The molecule has 2 N–H and O–H groups in total. The van der Waals surface area contributed by atoms with E-state index < -0.39 is 8.60 Å². The quantitative estimate of drug-likeness (QED) is 0.433. The Labute approximate surface area is 46.6 Å². The summed E-state index contributed by atoms with van der Waals surface area (Å²) in [5.41, 5.74) is 0. The molecule has 0 aliphatic rings. The van der Waals surface area contributed by atoms with Gasteiger partial charge in [0.2, 0.25) is 0 Å². The normalized spacial score (nSPS) is 7.29. The number of rotatable bonds is 2. The van der Waals surface area contributed by atoms with Crippen LogP contribution in [0.4, 0.5) is 0 Å². The van der Waals surface area contributed by atoms with Gasteiger partial charge in [-0.2, -0.15) is 9.90 Å². The molecule has 0 heterocycles. The van der Waals surface area contributed by atoms with E-state index in [4.69, 9.17) is 9.79 Å². The highest BCUT2D eigenvalue weighted by molar-refractivity contribution is 7.39. The van der Waals surface area contributed by atoms with E-state index >= 15 is 0 Å². The van der Waals surface area contributed by atoms with E-state index in [0.29, 0.717) is 0 Å². The smallest absolute Gasteiger partial charge is 0.390 e. The largest absolute Gasteiger partial charge is 0.436 e. The fraction of sp³-hybridized carbons (Fsp3) is 0. The molecule has 0 spiro atoms. The van der Waals surface area contributed by atoms with E-state index in [9.17, 15) is 0 Å². The molecule has 0 rings (SSSR count). The van der Waals surface area contributed by atoms with Gasteiger partial charge in [-0.25, -0.2) is 0 Å². The highest BCUT2D eigenvalue weighted by Crippen LogP contribution is 2.23.